The van der Waals surface area contributed by atoms with Crippen LogP contribution in [0.4, 0.5) is 0 Å². The summed E-state index contributed by atoms with van der Waals surface area (Å²) in [6.07, 6.45) is 0.109. The molecule has 0 radical (unpaired) electrons. The minimum absolute atomic E-state index is 0.109. The van der Waals surface area contributed by atoms with E-state index >= 15 is 0 Å². The Labute approximate surface area is 90.7 Å². The number of benzene rings is 1. The summed E-state index contributed by atoms with van der Waals surface area (Å²) in [4.78, 5) is 5.17. The van der Waals surface area contributed by atoms with E-state index in [1.807, 2.05) is 45.0 Å². The van der Waals surface area contributed by atoms with Gasteiger partial charge in [-0.15, -0.1) is 0 Å². The molecule has 0 fully saturated rings. The highest BCUT2D eigenvalue weighted by molar-refractivity contribution is 5.98. The van der Waals surface area contributed by atoms with E-state index in [4.69, 9.17) is 9.57 Å². The molecule has 3 heteroatoms. The zero-order chi connectivity index (χ0) is 11.3. The van der Waals surface area contributed by atoms with Crippen LogP contribution in [0, 0.1) is 0 Å². The predicted octanol–water partition coefficient (Wildman–Crippen LogP) is 2.84. The molecule has 0 aliphatic carbocycles. The molecule has 0 N–H and O–H groups in total. The number of methoxy groups -OCH3 is 1. The van der Waals surface area contributed by atoms with E-state index in [2.05, 4.69) is 5.16 Å². The van der Waals surface area contributed by atoms with Gasteiger partial charge in [0.2, 0.25) is 0 Å². The summed E-state index contributed by atoms with van der Waals surface area (Å²) >= 11 is 0. The van der Waals surface area contributed by atoms with Crippen LogP contribution in [0.15, 0.2) is 29.4 Å². The van der Waals surface area contributed by atoms with Crippen molar-refractivity contribution in [2.75, 3.05) is 7.11 Å². The maximum Gasteiger partial charge on any atom is 0.122 e. The summed E-state index contributed by atoms with van der Waals surface area (Å²) in [7, 11) is 1.65. The van der Waals surface area contributed by atoms with Crippen LogP contribution in [-0.2, 0) is 4.84 Å². The number of oxime groups is 1. The number of hydrogen-bond donors (Lipinski definition) is 0. The van der Waals surface area contributed by atoms with Gasteiger partial charge in [0.1, 0.15) is 11.9 Å². The van der Waals surface area contributed by atoms with Crippen molar-refractivity contribution >= 4 is 5.71 Å². The monoisotopic (exact) mass is 207 g/mol. The zero-order valence-corrected chi connectivity index (χ0v) is 9.65. The van der Waals surface area contributed by atoms with Crippen molar-refractivity contribution in [2.24, 2.45) is 5.16 Å². The summed E-state index contributed by atoms with van der Waals surface area (Å²) in [6.45, 7) is 5.82. The molecule has 0 spiro atoms. The van der Waals surface area contributed by atoms with Gasteiger partial charge < -0.3 is 9.57 Å². The van der Waals surface area contributed by atoms with Gasteiger partial charge in [0.05, 0.1) is 12.8 Å². The van der Waals surface area contributed by atoms with Crippen LogP contribution < -0.4 is 4.74 Å². The second-order valence-electron chi connectivity index (χ2n) is 3.56. The molecule has 0 atom stereocenters. The SMILES string of the molecule is COc1ccc(/C(C)=N/OC(C)C)cc1. The number of hydrogen-bond acceptors (Lipinski definition) is 3. The Hall–Kier alpha value is -1.51. The highest BCUT2D eigenvalue weighted by atomic mass is 16.6. The molecule has 0 saturated carbocycles. The third-order valence-corrected chi connectivity index (χ3v) is 1.91. The van der Waals surface area contributed by atoms with Crippen molar-refractivity contribution in [3.05, 3.63) is 29.8 Å². The molecule has 0 saturated heterocycles. The topological polar surface area (TPSA) is 30.8 Å². The van der Waals surface area contributed by atoms with Gasteiger partial charge in [-0.2, -0.15) is 0 Å². The van der Waals surface area contributed by atoms with E-state index in [0.717, 1.165) is 17.0 Å². The Kier molecular flexibility index (Phi) is 4.16. The fourth-order valence-corrected chi connectivity index (χ4v) is 1.07. The van der Waals surface area contributed by atoms with Crippen molar-refractivity contribution < 1.29 is 9.57 Å². The standard InChI is InChI=1S/C12H17NO2/c1-9(2)15-13-10(3)11-5-7-12(14-4)8-6-11/h5-9H,1-4H3/b13-10+. The summed E-state index contributed by atoms with van der Waals surface area (Å²) < 4.78 is 5.08. The summed E-state index contributed by atoms with van der Waals surface area (Å²) in [5.74, 6) is 0.844. The molecule has 0 bridgehead atoms. The predicted molar refractivity (Wildman–Crippen MR) is 61.4 cm³/mol. The van der Waals surface area contributed by atoms with Crippen molar-refractivity contribution in [3.8, 4) is 5.75 Å². The van der Waals surface area contributed by atoms with Crippen LogP contribution in [0.5, 0.6) is 5.75 Å². The van der Waals surface area contributed by atoms with E-state index in [-0.39, 0.29) is 6.10 Å². The van der Waals surface area contributed by atoms with Gasteiger partial charge in [-0.25, -0.2) is 0 Å². The van der Waals surface area contributed by atoms with E-state index < -0.39 is 0 Å². The lowest BCUT2D eigenvalue weighted by molar-refractivity contribution is 0.0860. The lowest BCUT2D eigenvalue weighted by atomic mass is 10.1. The average molecular weight is 207 g/mol. The molecule has 0 aliphatic rings. The van der Waals surface area contributed by atoms with E-state index in [9.17, 15) is 0 Å². The maximum absolute atomic E-state index is 5.17. The van der Waals surface area contributed by atoms with Crippen LogP contribution in [0.3, 0.4) is 0 Å². The average Bonchev–Trinajstić information content (AvgIpc) is 2.26. The minimum Gasteiger partial charge on any atom is -0.497 e. The molecule has 0 unspecified atom stereocenters. The fourth-order valence-electron chi connectivity index (χ4n) is 1.07. The quantitative estimate of drug-likeness (QED) is 0.561. The molecule has 15 heavy (non-hydrogen) atoms. The van der Waals surface area contributed by atoms with Crippen LogP contribution in [0.25, 0.3) is 0 Å². The molecule has 0 aliphatic heterocycles. The summed E-state index contributed by atoms with van der Waals surface area (Å²) in [5, 5.41) is 4.03. The molecule has 1 rings (SSSR count). The smallest absolute Gasteiger partial charge is 0.122 e. The highest BCUT2D eigenvalue weighted by Crippen LogP contribution is 2.12. The zero-order valence-electron chi connectivity index (χ0n) is 9.65. The maximum atomic E-state index is 5.17. The normalized spacial score (nSPS) is 11.7. The van der Waals surface area contributed by atoms with Crippen molar-refractivity contribution in [3.63, 3.8) is 0 Å². The van der Waals surface area contributed by atoms with Gasteiger partial charge in [0, 0.05) is 0 Å². The molecule has 0 amide bonds. The van der Waals surface area contributed by atoms with Gasteiger partial charge in [-0.3, -0.25) is 0 Å². The van der Waals surface area contributed by atoms with Crippen molar-refractivity contribution in [1.29, 1.82) is 0 Å². The first-order valence-corrected chi connectivity index (χ1v) is 4.98. The highest BCUT2D eigenvalue weighted by Gasteiger charge is 1.99. The van der Waals surface area contributed by atoms with Gasteiger partial charge in [-0.1, -0.05) is 5.16 Å². The van der Waals surface area contributed by atoms with Crippen LogP contribution in [0.1, 0.15) is 26.3 Å². The second kappa shape index (κ2) is 5.39. The Balaban J connectivity index is 2.73. The molecule has 3 nitrogen and oxygen atoms in total. The minimum atomic E-state index is 0.109. The first-order valence-electron chi connectivity index (χ1n) is 4.98. The first kappa shape index (κ1) is 11.6. The molecule has 1 aromatic carbocycles. The van der Waals surface area contributed by atoms with Crippen LogP contribution in [-0.4, -0.2) is 18.9 Å². The fraction of sp³-hybridized carbons (Fsp3) is 0.417. The van der Waals surface area contributed by atoms with Gasteiger partial charge >= 0.3 is 0 Å². The third kappa shape index (κ3) is 3.62. The van der Waals surface area contributed by atoms with E-state index in [1.165, 1.54) is 0 Å². The molecule has 0 heterocycles. The third-order valence-electron chi connectivity index (χ3n) is 1.91. The summed E-state index contributed by atoms with van der Waals surface area (Å²) in [5.41, 5.74) is 1.91. The molecule has 0 aromatic heterocycles. The molecular formula is C12H17NO2. The summed E-state index contributed by atoms with van der Waals surface area (Å²) in [6, 6.07) is 7.73. The number of rotatable bonds is 4. The molecular weight excluding hydrogens is 190 g/mol. The van der Waals surface area contributed by atoms with Crippen molar-refractivity contribution in [2.45, 2.75) is 26.9 Å². The number of ether oxygens (including phenoxy) is 1. The molecule has 82 valence electrons. The van der Waals surface area contributed by atoms with Gasteiger partial charge in [-0.05, 0) is 50.6 Å². The largest absolute Gasteiger partial charge is 0.497 e. The van der Waals surface area contributed by atoms with Gasteiger partial charge in [0.15, 0.2) is 0 Å². The van der Waals surface area contributed by atoms with Crippen LogP contribution >= 0.6 is 0 Å². The Morgan fingerprint density at radius 2 is 1.80 bits per heavy atom. The second-order valence-corrected chi connectivity index (χ2v) is 3.56. The van der Waals surface area contributed by atoms with Crippen LogP contribution in [0.2, 0.25) is 0 Å². The van der Waals surface area contributed by atoms with E-state index in [1.54, 1.807) is 7.11 Å². The number of nitrogens with zero attached hydrogens (tertiary/aromatic N) is 1. The first-order chi connectivity index (χ1) is 7.13. The molecule has 1 aromatic rings. The van der Waals surface area contributed by atoms with E-state index in [0.29, 0.717) is 0 Å². The lowest BCUT2D eigenvalue weighted by Crippen LogP contribution is -2.01. The van der Waals surface area contributed by atoms with Gasteiger partial charge in [0.25, 0.3) is 0 Å². The van der Waals surface area contributed by atoms with Crippen molar-refractivity contribution in [1.82, 2.24) is 0 Å². The Morgan fingerprint density at radius 3 is 2.27 bits per heavy atom. The Bertz CT molecular complexity index is 328. The Morgan fingerprint density at radius 1 is 1.20 bits per heavy atom. The lowest BCUT2D eigenvalue weighted by Gasteiger charge is -2.05.